The molecule has 0 spiro atoms. The van der Waals surface area contributed by atoms with Crippen LogP contribution in [0.1, 0.15) is 46.9 Å². The molecule has 3 aromatic carbocycles. The first-order valence-electron chi connectivity index (χ1n) is 10.8. The molecule has 1 aliphatic carbocycles. The van der Waals surface area contributed by atoms with Gasteiger partial charge in [-0.05, 0) is 72.4 Å². The molecule has 4 rings (SSSR count). The van der Waals surface area contributed by atoms with Crippen molar-refractivity contribution in [3.8, 4) is 0 Å². The molecule has 3 atom stereocenters. The lowest BCUT2D eigenvalue weighted by molar-refractivity contribution is 0.105. The van der Waals surface area contributed by atoms with Gasteiger partial charge in [0.25, 0.3) is 0 Å². The van der Waals surface area contributed by atoms with E-state index in [0.29, 0.717) is 28.1 Å². The monoisotopic (exact) mass is 484 g/mol. The minimum atomic E-state index is -3.75. The van der Waals surface area contributed by atoms with Gasteiger partial charge in [0.15, 0.2) is 9.84 Å². The highest BCUT2D eigenvalue weighted by Crippen LogP contribution is 2.43. The summed E-state index contributed by atoms with van der Waals surface area (Å²) in [6, 6.07) is 17.0. The third kappa shape index (κ3) is 4.50. The minimum absolute atomic E-state index is 0.245. The molecule has 0 amide bonds. The van der Waals surface area contributed by atoms with Crippen LogP contribution in [0.25, 0.3) is 11.6 Å². The molecule has 0 fully saturated rings. The maximum Gasteiger partial charge on any atom is 0.185 e. The molecule has 0 heterocycles. The molecule has 0 aliphatic heterocycles. The van der Waals surface area contributed by atoms with Crippen LogP contribution >= 0.6 is 11.6 Å². The molecule has 1 N–H and O–H groups in total. The van der Waals surface area contributed by atoms with Crippen molar-refractivity contribution in [2.75, 3.05) is 0 Å². The van der Waals surface area contributed by atoms with Gasteiger partial charge in [-0.25, -0.2) is 12.8 Å². The van der Waals surface area contributed by atoms with E-state index in [9.17, 15) is 17.9 Å². The molecular weight excluding hydrogens is 459 g/mol. The van der Waals surface area contributed by atoms with Gasteiger partial charge in [-0.15, -0.1) is 0 Å². The van der Waals surface area contributed by atoms with Crippen molar-refractivity contribution in [1.82, 2.24) is 0 Å². The van der Waals surface area contributed by atoms with E-state index in [1.54, 1.807) is 50.3 Å². The first kappa shape index (κ1) is 23.7. The van der Waals surface area contributed by atoms with Crippen LogP contribution in [0.2, 0.25) is 5.02 Å². The Morgan fingerprint density at radius 3 is 2.55 bits per heavy atom. The van der Waals surface area contributed by atoms with Crippen LogP contribution in [0, 0.1) is 18.7 Å². The lowest BCUT2D eigenvalue weighted by atomic mass is 9.81. The molecule has 0 aromatic heterocycles. The van der Waals surface area contributed by atoms with Crippen molar-refractivity contribution in [2.45, 2.75) is 43.4 Å². The number of benzene rings is 3. The van der Waals surface area contributed by atoms with Gasteiger partial charge in [0, 0.05) is 11.5 Å². The molecule has 3 aromatic rings. The predicted molar refractivity (Wildman–Crippen MR) is 131 cm³/mol. The van der Waals surface area contributed by atoms with Crippen molar-refractivity contribution in [1.29, 1.82) is 0 Å². The Morgan fingerprint density at radius 1 is 1.12 bits per heavy atom. The van der Waals surface area contributed by atoms with Gasteiger partial charge in [0.1, 0.15) is 5.82 Å². The fraction of sp³-hybridized carbons (Fsp3) is 0.259. The molecule has 3 nitrogen and oxygen atoms in total. The number of fused-ring (bicyclic) bond motifs is 1. The Bertz CT molecular complexity index is 1330. The number of hydrogen-bond donors (Lipinski definition) is 1. The molecule has 1 unspecified atom stereocenters. The summed E-state index contributed by atoms with van der Waals surface area (Å²) in [5.74, 6) is -0.893. The van der Waals surface area contributed by atoms with Gasteiger partial charge in [-0.1, -0.05) is 61.0 Å². The molecule has 0 radical (unpaired) electrons. The average molecular weight is 485 g/mol. The topological polar surface area (TPSA) is 54.4 Å². The number of halogens is 2. The lowest BCUT2D eigenvalue weighted by Gasteiger charge is -2.35. The van der Waals surface area contributed by atoms with Crippen molar-refractivity contribution in [2.24, 2.45) is 5.92 Å². The SMILES string of the molecule is C/C(=C\c1ccc2c(c1)C(S(=O)(=O)c1cccc(C)c1)[C@H](C)[C@H](O)C2)c1c(F)cccc1Cl. The molecular formula is C27H26ClFO3S. The van der Waals surface area contributed by atoms with Gasteiger partial charge in [-0.3, -0.25) is 0 Å². The van der Waals surface area contributed by atoms with Crippen molar-refractivity contribution in [3.63, 3.8) is 0 Å². The zero-order chi connectivity index (χ0) is 23.9. The molecule has 0 saturated heterocycles. The molecule has 33 heavy (non-hydrogen) atoms. The second-order valence-corrected chi connectivity index (χ2v) is 11.3. The normalized spacial score (nSPS) is 21.0. The van der Waals surface area contributed by atoms with Gasteiger partial charge in [-0.2, -0.15) is 0 Å². The highest BCUT2D eigenvalue weighted by molar-refractivity contribution is 7.91. The molecule has 6 heteroatoms. The van der Waals surface area contributed by atoms with E-state index < -0.39 is 32.9 Å². The second kappa shape index (κ2) is 9.05. The number of sulfone groups is 1. The third-order valence-electron chi connectivity index (χ3n) is 6.38. The average Bonchev–Trinajstić information content (AvgIpc) is 2.74. The standard InChI is InChI=1S/C27H26ClFO3S/c1-16-6-4-7-21(12-16)33(31,32)27-18(3)25(30)15-20-11-10-19(14-22(20)27)13-17(2)26-23(28)8-5-9-24(26)29/h4-14,18,25,27,30H,15H2,1-3H3/b17-13+/t18-,25-,27?/m1/s1. The molecule has 0 bridgehead atoms. The summed E-state index contributed by atoms with van der Waals surface area (Å²) < 4.78 is 41.8. The summed E-state index contributed by atoms with van der Waals surface area (Å²) in [5, 5.41) is 10.1. The summed E-state index contributed by atoms with van der Waals surface area (Å²) in [6.45, 7) is 5.40. The Hall–Kier alpha value is -2.47. The first-order valence-corrected chi connectivity index (χ1v) is 12.8. The van der Waals surface area contributed by atoms with E-state index in [2.05, 4.69) is 0 Å². The molecule has 1 aliphatic rings. The van der Waals surface area contributed by atoms with Crippen molar-refractivity contribution >= 4 is 33.1 Å². The van der Waals surface area contributed by atoms with E-state index in [4.69, 9.17) is 11.6 Å². The van der Waals surface area contributed by atoms with E-state index in [0.717, 1.165) is 16.7 Å². The van der Waals surface area contributed by atoms with Gasteiger partial charge in [0.05, 0.1) is 21.3 Å². The van der Waals surface area contributed by atoms with Crippen LogP contribution in [0.5, 0.6) is 0 Å². The van der Waals surface area contributed by atoms with E-state index in [1.807, 2.05) is 31.2 Å². The highest BCUT2D eigenvalue weighted by Gasteiger charge is 2.41. The van der Waals surface area contributed by atoms with E-state index >= 15 is 0 Å². The van der Waals surface area contributed by atoms with Gasteiger partial charge >= 0.3 is 0 Å². The minimum Gasteiger partial charge on any atom is -0.392 e. The Labute approximate surface area is 199 Å². The third-order valence-corrected chi connectivity index (χ3v) is 8.96. The van der Waals surface area contributed by atoms with Crippen LogP contribution in [0.15, 0.2) is 65.6 Å². The van der Waals surface area contributed by atoms with Gasteiger partial charge in [0.2, 0.25) is 0 Å². The van der Waals surface area contributed by atoms with Crippen molar-refractivity contribution in [3.05, 3.63) is 99.3 Å². The van der Waals surface area contributed by atoms with Crippen LogP contribution in [-0.2, 0) is 16.3 Å². The lowest BCUT2D eigenvalue weighted by Crippen LogP contribution is -2.36. The maximum atomic E-state index is 14.4. The summed E-state index contributed by atoms with van der Waals surface area (Å²) in [7, 11) is -3.75. The quantitative estimate of drug-likeness (QED) is 0.435. The van der Waals surface area contributed by atoms with Crippen LogP contribution in [0.4, 0.5) is 4.39 Å². The Kier molecular flexibility index (Phi) is 6.50. The van der Waals surface area contributed by atoms with Crippen molar-refractivity contribution < 1.29 is 17.9 Å². The summed E-state index contributed by atoms with van der Waals surface area (Å²) in [6.07, 6.45) is 1.43. The Morgan fingerprint density at radius 2 is 1.85 bits per heavy atom. The predicted octanol–water partition coefficient (Wildman–Crippen LogP) is 6.42. The summed E-state index contributed by atoms with van der Waals surface area (Å²) in [5.41, 5.74) is 4.05. The van der Waals surface area contributed by atoms with Crippen LogP contribution in [-0.4, -0.2) is 19.6 Å². The number of allylic oxidation sites excluding steroid dienone is 1. The largest absolute Gasteiger partial charge is 0.392 e. The number of rotatable bonds is 4. The summed E-state index contributed by atoms with van der Waals surface area (Å²) in [4.78, 5) is 0.245. The van der Waals surface area contributed by atoms with E-state index in [1.165, 1.54) is 6.07 Å². The number of aliphatic hydroxyl groups is 1. The number of hydrogen-bond acceptors (Lipinski definition) is 3. The van der Waals surface area contributed by atoms with Crippen LogP contribution in [0.3, 0.4) is 0 Å². The zero-order valence-electron chi connectivity index (χ0n) is 18.7. The van der Waals surface area contributed by atoms with E-state index in [-0.39, 0.29) is 4.90 Å². The Balaban J connectivity index is 1.83. The smallest absolute Gasteiger partial charge is 0.185 e. The van der Waals surface area contributed by atoms with Crippen LogP contribution < -0.4 is 0 Å². The first-order chi connectivity index (χ1) is 15.6. The highest BCUT2D eigenvalue weighted by atomic mass is 35.5. The number of aliphatic hydroxyl groups excluding tert-OH is 1. The fourth-order valence-electron chi connectivity index (χ4n) is 4.64. The second-order valence-electron chi connectivity index (χ2n) is 8.79. The van der Waals surface area contributed by atoms with Gasteiger partial charge < -0.3 is 5.11 Å². The zero-order valence-corrected chi connectivity index (χ0v) is 20.3. The molecule has 172 valence electrons. The fourth-order valence-corrected chi connectivity index (χ4v) is 7.16. The summed E-state index contributed by atoms with van der Waals surface area (Å²) >= 11 is 6.22. The molecule has 0 saturated carbocycles. The number of aryl methyl sites for hydroxylation is 1. The maximum absolute atomic E-state index is 14.4.